The van der Waals surface area contributed by atoms with Crippen LogP contribution in [0.2, 0.25) is 0 Å². The summed E-state index contributed by atoms with van der Waals surface area (Å²) in [5.74, 6) is 1.32. The van der Waals surface area contributed by atoms with Gasteiger partial charge in [0.05, 0.1) is 5.25 Å². The molecule has 0 spiro atoms. The standard InChI is InChI=1S/C23H27N5O2S/c29-23(30-20-7-5-19(6-8-20)21(31)22-25-10-11-26-22)28-15-13-27(14-16-28)12-2-4-18-3-1-9-24-17-18/h1,3,5-11,17,21,31H,2,4,12-16H2,(H,25,26). The summed E-state index contributed by atoms with van der Waals surface area (Å²) in [6.07, 6.45) is 9.02. The highest BCUT2D eigenvalue weighted by molar-refractivity contribution is 7.80. The average molecular weight is 438 g/mol. The zero-order valence-corrected chi connectivity index (χ0v) is 18.2. The molecular formula is C23H27N5O2S. The molecule has 1 fully saturated rings. The van der Waals surface area contributed by atoms with Crippen molar-refractivity contribution in [1.29, 1.82) is 0 Å². The van der Waals surface area contributed by atoms with E-state index in [9.17, 15) is 4.79 Å². The molecule has 1 aliphatic heterocycles. The molecule has 3 heterocycles. The Morgan fingerprint density at radius 1 is 1.13 bits per heavy atom. The predicted octanol–water partition coefficient (Wildman–Crippen LogP) is 3.57. The molecule has 1 aliphatic rings. The molecule has 8 heteroatoms. The van der Waals surface area contributed by atoms with E-state index in [1.165, 1.54) is 5.56 Å². The van der Waals surface area contributed by atoms with Gasteiger partial charge in [0, 0.05) is 51.0 Å². The summed E-state index contributed by atoms with van der Waals surface area (Å²) in [6.45, 7) is 4.12. The minimum absolute atomic E-state index is 0.147. The number of amides is 1. The number of aromatic nitrogens is 3. The van der Waals surface area contributed by atoms with Crippen molar-refractivity contribution in [2.45, 2.75) is 18.1 Å². The molecule has 0 radical (unpaired) electrons. The molecule has 2 aromatic heterocycles. The first-order chi connectivity index (χ1) is 15.2. The summed E-state index contributed by atoms with van der Waals surface area (Å²) in [7, 11) is 0. The Morgan fingerprint density at radius 2 is 1.94 bits per heavy atom. The predicted molar refractivity (Wildman–Crippen MR) is 122 cm³/mol. The second kappa shape index (κ2) is 10.5. The lowest BCUT2D eigenvalue weighted by Gasteiger charge is -2.34. The number of pyridine rings is 1. The molecule has 31 heavy (non-hydrogen) atoms. The number of hydrogen-bond acceptors (Lipinski definition) is 6. The molecule has 7 nitrogen and oxygen atoms in total. The van der Waals surface area contributed by atoms with Gasteiger partial charge in [-0.15, -0.1) is 0 Å². The van der Waals surface area contributed by atoms with E-state index in [0.29, 0.717) is 18.8 Å². The van der Waals surface area contributed by atoms with Gasteiger partial charge in [-0.3, -0.25) is 9.88 Å². The van der Waals surface area contributed by atoms with E-state index >= 15 is 0 Å². The van der Waals surface area contributed by atoms with E-state index < -0.39 is 0 Å². The fourth-order valence-corrected chi connectivity index (χ4v) is 3.99. The fourth-order valence-electron chi connectivity index (χ4n) is 3.68. The molecule has 0 saturated carbocycles. The van der Waals surface area contributed by atoms with Crippen LogP contribution >= 0.6 is 12.6 Å². The Bertz CT molecular complexity index is 942. The first-order valence-corrected chi connectivity index (χ1v) is 11.1. The fraction of sp³-hybridized carbons (Fsp3) is 0.348. The molecule has 1 amide bonds. The van der Waals surface area contributed by atoms with Gasteiger partial charge in [0.15, 0.2) is 0 Å². The number of piperazine rings is 1. The van der Waals surface area contributed by atoms with Gasteiger partial charge >= 0.3 is 6.09 Å². The van der Waals surface area contributed by atoms with Gasteiger partial charge < -0.3 is 14.6 Å². The molecule has 162 valence electrons. The molecule has 1 unspecified atom stereocenters. The third kappa shape index (κ3) is 5.86. The maximum absolute atomic E-state index is 12.5. The number of nitrogens with zero attached hydrogens (tertiary/aromatic N) is 4. The van der Waals surface area contributed by atoms with E-state index in [2.05, 4.69) is 38.5 Å². The van der Waals surface area contributed by atoms with Crippen LogP contribution in [-0.2, 0) is 6.42 Å². The molecule has 1 saturated heterocycles. The van der Waals surface area contributed by atoms with Gasteiger partial charge in [-0.2, -0.15) is 12.6 Å². The molecule has 0 bridgehead atoms. The molecular weight excluding hydrogens is 410 g/mol. The van der Waals surface area contributed by atoms with Crippen LogP contribution in [0.4, 0.5) is 4.79 Å². The van der Waals surface area contributed by atoms with E-state index in [0.717, 1.165) is 43.9 Å². The first-order valence-electron chi connectivity index (χ1n) is 10.5. The van der Waals surface area contributed by atoms with Crippen LogP contribution in [-0.4, -0.2) is 63.6 Å². The van der Waals surface area contributed by atoms with Crippen molar-refractivity contribution < 1.29 is 9.53 Å². The maximum atomic E-state index is 12.5. The Morgan fingerprint density at radius 3 is 2.61 bits per heavy atom. The van der Waals surface area contributed by atoms with Crippen molar-refractivity contribution >= 4 is 18.7 Å². The number of H-pyrrole nitrogens is 1. The average Bonchev–Trinajstić information content (AvgIpc) is 3.35. The molecule has 0 aliphatic carbocycles. The SMILES string of the molecule is O=C(Oc1ccc(C(S)c2ncc[nH]2)cc1)N1CCN(CCCc2cccnc2)CC1. The van der Waals surface area contributed by atoms with Crippen molar-refractivity contribution in [3.63, 3.8) is 0 Å². The minimum Gasteiger partial charge on any atom is -0.410 e. The number of nitrogens with one attached hydrogen (secondary N) is 1. The van der Waals surface area contributed by atoms with Gasteiger partial charge in [0.2, 0.25) is 0 Å². The number of ether oxygens (including phenoxy) is 1. The number of aromatic amines is 1. The van der Waals surface area contributed by atoms with E-state index in [1.54, 1.807) is 35.6 Å². The summed E-state index contributed by atoms with van der Waals surface area (Å²) < 4.78 is 5.57. The molecule has 1 atom stereocenters. The third-order valence-electron chi connectivity index (χ3n) is 5.47. The van der Waals surface area contributed by atoms with E-state index in [4.69, 9.17) is 4.74 Å². The minimum atomic E-state index is -0.295. The Balaban J connectivity index is 1.20. The summed E-state index contributed by atoms with van der Waals surface area (Å²) in [5, 5.41) is -0.147. The van der Waals surface area contributed by atoms with Crippen LogP contribution in [0, 0.1) is 0 Å². The van der Waals surface area contributed by atoms with Crippen LogP contribution in [0.3, 0.4) is 0 Å². The van der Waals surface area contributed by atoms with Crippen molar-refractivity contribution in [1.82, 2.24) is 24.8 Å². The monoisotopic (exact) mass is 437 g/mol. The van der Waals surface area contributed by atoms with Gasteiger partial charge in [-0.1, -0.05) is 18.2 Å². The molecule has 3 aromatic rings. The van der Waals surface area contributed by atoms with Crippen molar-refractivity contribution in [2.75, 3.05) is 32.7 Å². The number of rotatable bonds is 7. The van der Waals surface area contributed by atoms with Crippen molar-refractivity contribution in [2.24, 2.45) is 0 Å². The van der Waals surface area contributed by atoms with Crippen LogP contribution < -0.4 is 4.74 Å². The third-order valence-corrected chi connectivity index (χ3v) is 6.02. The van der Waals surface area contributed by atoms with Crippen molar-refractivity contribution in [3.05, 3.63) is 78.1 Å². The van der Waals surface area contributed by atoms with E-state index in [-0.39, 0.29) is 11.3 Å². The first kappa shape index (κ1) is 21.4. The maximum Gasteiger partial charge on any atom is 0.415 e. The molecule has 1 N–H and O–H groups in total. The summed E-state index contributed by atoms with van der Waals surface area (Å²) in [5.41, 5.74) is 2.25. The largest absolute Gasteiger partial charge is 0.415 e. The Hall–Kier alpha value is -2.84. The lowest BCUT2D eigenvalue weighted by Crippen LogP contribution is -2.49. The van der Waals surface area contributed by atoms with Crippen LogP contribution in [0.1, 0.15) is 28.6 Å². The van der Waals surface area contributed by atoms with Crippen LogP contribution in [0.15, 0.2) is 61.2 Å². The second-order valence-corrected chi connectivity index (χ2v) is 8.12. The van der Waals surface area contributed by atoms with Gasteiger partial charge in [-0.05, 0) is 48.7 Å². The number of carbonyl (C=O) groups excluding carboxylic acids is 1. The van der Waals surface area contributed by atoms with E-state index in [1.807, 2.05) is 24.4 Å². The Kier molecular flexibility index (Phi) is 7.22. The Labute approximate surface area is 187 Å². The topological polar surface area (TPSA) is 74.3 Å². The number of carbonyl (C=O) groups is 1. The highest BCUT2D eigenvalue weighted by atomic mass is 32.1. The lowest BCUT2D eigenvalue weighted by molar-refractivity contribution is 0.110. The second-order valence-electron chi connectivity index (χ2n) is 7.61. The highest BCUT2D eigenvalue weighted by Crippen LogP contribution is 2.27. The number of thiol groups is 1. The van der Waals surface area contributed by atoms with Crippen molar-refractivity contribution in [3.8, 4) is 5.75 Å². The highest BCUT2D eigenvalue weighted by Gasteiger charge is 2.22. The molecule has 4 rings (SSSR count). The van der Waals surface area contributed by atoms with Gasteiger partial charge in [-0.25, -0.2) is 9.78 Å². The number of aryl methyl sites for hydroxylation is 1. The van der Waals surface area contributed by atoms with Gasteiger partial charge in [0.25, 0.3) is 0 Å². The summed E-state index contributed by atoms with van der Waals surface area (Å²) >= 11 is 4.60. The molecule has 1 aromatic carbocycles. The summed E-state index contributed by atoms with van der Waals surface area (Å²) in [4.78, 5) is 28.2. The van der Waals surface area contributed by atoms with Crippen LogP contribution in [0.5, 0.6) is 5.75 Å². The lowest BCUT2D eigenvalue weighted by atomic mass is 10.1. The number of hydrogen-bond donors (Lipinski definition) is 2. The number of imidazole rings is 1. The quantitative estimate of drug-likeness (QED) is 0.553. The summed E-state index contributed by atoms with van der Waals surface area (Å²) in [6, 6.07) is 11.5. The normalized spacial score (nSPS) is 15.6. The zero-order chi connectivity index (χ0) is 21.5. The zero-order valence-electron chi connectivity index (χ0n) is 17.4. The van der Waals surface area contributed by atoms with Crippen LogP contribution in [0.25, 0.3) is 0 Å². The van der Waals surface area contributed by atoms with Gasteiger partial charge in [0.1, 0.15) is 11.6 Å². The smallest absolute Gasteiger partial charge is 0.410 e. The number of benzene rings is 1.